The molecule has 8 heteroatoms. The van der Waals surface area contributed by atoms with E-state index >= 15 is 0 Å². The van der Waals surface area contributed by atoms with Gasteiger partial charge in [-0.1, -0.05) is 12.1 Å². The van der Waals surface area contributed by atoms with Crippen molar-refractivity contribution >= 4 is 22.8 Å². The zero-order valence-electron chi connectivity index (χ0n) is 10.6. The Morgan fingerprint density at radius 2 is 1.43 bits per heavy atom. The van der Waals surface area contributed by atoms with Gasteiger partial charge in [-0.15, -0.1) is 0 Å². The predicted molar refractivity (Wildman–Crippen MR) is 74.0 cm³/mol. The third-order valence-corrected chi connectivity index (χ3v) is 2.85. The molecule has 0 aliphatic rings. The Morgan fingerprint density at radius 1 is 0.905 bits per heavy atom. The maximum atomic E-state index is 12.4. The Bertz CT molecular complexity index is 725. The van der Waals surface area contributed by atoms with Gasteiger partial charge in [0.1, 0.15) is 0 Å². The van der Waals surface area contributed by atoms with Crippen LogP contribution in [0.5, 0.6) is 0 Å². The molecular formula is C13H9N3O5. The third kappa shape index (κ3) is 2.54. The van der Waals surface area contributed by atoms with Crippen LogP contribution in [0.2, 0.25) is 0 Å². The van der Waals surface area contributed by atoms with Gasteiger partial charge in [-0.3, -0.25) is 25.0 Å². The number of benzene rings is 2. The number of rotatable bonds is 4. The van der Waals surface area contributed by atoms with E-state index in [0.717, 1.165) is 18.2 Å². The van der Waals surface area contributed by atoms with Gasteiger partial charge in [0.25, 0.3) is 11.4 Å². The number of nitrogens with two attached hydrogens (primary N) is 1. The van der Waals surface area contributed by atoms with E-state index in [1.165, 1.54) is 18.2 Å². The molecule has 0 spiro atoms. The van der Waals surface area contributed by atoms with Crippen LogP contribution in [0.25, 0.3) is 0 Å². The number of nitro groups is 2. The van der Waals surface area contributed by atoms with Crippen molar-refractivity contribution in [3.05, 3.63) is 73.8 Å². The van der Waals surface area contributed by atoms with Crippen LogP contribution in [-0.4, -0.2) is 15.6 Å². The van der Waals surface area contributed by atoms with Gasteiger partial charge in [0, 0.05) is 23.4 Å². The maximum Gasteiger partial charge on any atom is 0.287 e. The molecule has 0 atom stereocenters. The highest BCUT2D eigenvalue weighted by molar-refractivity contribution is 6.16. The van der Waals surface area contributed by atoms with Crippen LogP contribution >= 0.6 is 0 Å². The summed E-state index contributed by atoms with van der Waals surface area (Å²) in [6.07, 6.45) is 0. The highest BCUT2D eigenvalue weighted by atomic mass is 16.6. The Balaban J connectivity index is 2.73. The standard InChI is InChI=1S/C13H9N3O5/c14-9-5-2-1-4-8(9)13(17)12-10(15(18)19)6-3-7-11(12)16(20)21/h1-7H,14H2. The summed E-state index contributed by atoms with van der Waals surface area (Å²) in [6.45, 7) is 0. The number of nitrogens with zero attached hydrogens (tertiary/aromatic N) is 2. The molecule has 2 rings (SSSR count). The van der Waals surface area contributed by atoms with Crippen LogP contribution in [-0.2, 0) is 0 Å². The van der Waals surface area contributed by atoms with Gasteiger partial charge in [-0.25, -0.2) is 0 Å². The topological polar surface area (TPSA) is 129 Å². The number of carbonyl (C=O) groups excluding carboxylic acids is 1. The fourth-order valence-electron chi connectivity index (χ4n) is 1.90. The number of hydrogen-bond donors (Lipinski definition) is 1. The molecule has 0 aliphatic carbocycles. The van der Waals surface area contributed by atoms with Crippen LogP contribution in [0, 0.1) is 20.2 Å². The van der Waals surface area contributed by atoms with Crippen molar-refractivity contribution in [3.8, 4) is 0 Å². The molecule has 0 radical (unpaired) electrons. The average Bonchev–Trinajstić information content (AvgIpc) is 2.46. The minimum absolute atomic E-state index is 0.0186. The molecule has 0 heterocycles. The summed E-state index contributed by atoms with van der Waals surface area (Å²) >= 11 is 0. The monoisotopic (exact) mass is 287 g/mol. The van der Waals surface area contributed by atoms with E-state index < -0.39 is 32.6 Å². The van der Waals surface area contributed by atoms with E-state index in [-0.39, 0.29) is 11.3 Å². The molecule has 0 saturated heterocycles. The minimum atomic E-state index is -0.855. The number of ketones is 1. The van der Waals surface area contributed by atoms with E-state index in [2.05, 4.69) is 0 Å². The van der Waals surface area contributed by atoms with E-state index in [1.807, 2.05) is 0 Å². The zero-order chi connectivity index (χ0) is 15.6. The van der Waals surface area contributed by atoms with Crippen LogP contribution in [0.15, 0.2) is 42.5 Å². The van der Waals surface area contributed by atoms with Crippen molar-refractivity contribution in [1.82, 2.24) is 0 Å². The quantitative estimate of drug-likeness (QED) is 0.397. The van der Waals surface area contributed by atoms with Crippen molar-refractivity contribution in [1.29, 1.82) is 0 Å². The molecule has 0 aromatic heterocycles. The second-order valence-corrected chi connectivity index (χ2v) is 4.10. The number of carbonyl (C=O) groups is 1. The Hall–Kier alpha value is -3.29. The van der Waals surface area contributed by atoms with Gasteiger partial charge in [0.2, 0.25) is 5.78 Å². The predicted octanol–water partition coefficient (Wildman–Crippen LogP) is 2.32. The highest BCUT2D eigenvalue weighted by Gasteiger charge is 2.31. The van der Waals surface area contributed by atoms with Crippen molar-refractivity contribution < 1.29 is 14.6 Å². The summed E-state index contributed by atoms with van der Waals surface area (Å²) in [5, 5.41) is 22.0. The molecule has 0 fully saturated rings. The molecule has 0 aliphatic heterocycles. The van der Waals surface area contributed by atoms with Crippen LogP contribution in [0.1, 0.15) is 15.9 Å². The first kappa shape index (κ1) is 14.1. The Labute approximate surface area is 118 Å². The first-order valence-electron chi connectivity index (χ1n) is 5.74. The number of para-hydroxylation sites is 1. The van der Waals surface area contributed by atoms with Gasteiger partial charge in [0.15, 0.2) is 5.56 Å². The number of hydrogen-bond acceptors (Lipinski definition) is 6. The lowest BCUT2D eigenvalue weighted by Gasteiger charge is -2.06. The maximum absolute atomic E-state index is 12.4. The molecule has 0 unspecified atom stereocenters. The molecule has 2 aromatic rings. The molecule has 106 valence electrons. The van der Waals surface area contributed by atoms with E-state index in [4.69, 9.17) is 5.73 Å². The van der Waals surface area contributed by atoms with Crippen molar-refractivity contribution in [2.75, 3.05) is 5.73 Å². The SMILES string of the molecule is Nc1ccccc1C(=O)c1c([N+](=O)[O-])cccc1[N+](=O)[O-]. The summed E-state index contributed by atoms with van der Waals surface area (Å²) in [5.74, 6) is -0.855. The molecule has 8 nitrogen and oxygen atoms in total. The molecular weight excluding hydrogens is 278 g/mol. The molecule has 2 aromatic carbocycles. The molecule has 0 amide bonds. The fraction of sp³-hybridized carbons (Fsp3) is 0. The molecule has 0 saturated carbocycles. The first-order chi connectivity index (χ1) is 9.93. The lowest BCUT2D eigenvalue weighted by atomic mass is 9.98. The third-order valence-electron chi connectivity index (χ3n) is 2.85. The lowest BCUT2D eigenvalue weighted by Crippen LogP contribution is -2.10. The second kappa shape index (κ2) is 5.37. The summed E-state index contributed by atoms with van der Waals surface area (Å²) in [7, 11) is 0. The van der Waals surface area contributed by atoms with E-state index in [0.29, 0.717) is 0 Å². The number of anilines is 1. The van der Waals surface area contributed by atoms with E-state index in [9.17, 15) is 25.0 Å². The van der Waals surface area contributed by atoms with Gasteiger partial charge >= 0.3 is 0 Å². The van der Waals surface area contributed by atoms with Crippen LogP contribution in [0.4, 0.5) is 17.1 Å². The number of nitro benzene ring substituents is 2. The van der Waals surface area contributed by atoms with Gasteiger partial charge < -0.3 is 5.73 Å². The van der Waals surface area contributed by atoms with Crippen LogP contribution in [0.3, 0.4) is 0 Å². The zero-order valence-corrected chi connectivity index (χ0v) is 10.6. The average molecular weight is 287 g/mol. The smallest absolute Gasteiger partial charge is 0.287 e. The largest absolute Gasteiger partial charge is 0.398 e. The Morgan fingerprint density at radius 3 is 1.90 bits per heavy atom. The lowest BCUT2D eigenvalue weighted by molar-refractivity contribution is -0.394. The van der Waals surface area contributed by atoms with Gasteiger partial charge in [0.05, 0.1) is 9.85 Å². The Kier molecular flexibility index (Phi) is 3.61. The van der Waals surface area contributed by atoms with Gasteiger partial charge in [-0.2, -0.15) is 0 Å². The molecule has 0 bridgehead atoms. The van der Waals surface area contributed by atoms with Crippen LogP contribution < -0.4 is 5.73 Å². The highest BCUT2D eigenvalue weighted by Crippen LogP contribution is 2.31. The first-order valence-corrected chi connectivity index (χ1v) is 5.74. The number of nitrogen functional groups attached to an aromatic ring is 1. The molecule has 2 N–H and O–H groups in total. The van der Waals surface area contributed by atoms with Crippen molar-refractivity contribution in [3.63, 3.8) is 0 Å². The summed E-state index contributed by atoms with van der Waals surface area (Å²) in [6, 6.07) is 9.14. The normalized spacial score (nSPS) is 10.1. The second-order valence-electron chi connectivity index (χ2n) is 4.10. The fourth-order valence-corrected chi connectivity index (χ4v) is 1.90. The van der Waals surface area contributed by atoms with Crippen molar-refractivity contribution in [2.45, 2.75) is 0 Å². The minimum Gasteiger partial charge on any atom is -0.398 e. The van der Waals surface area contributed by atoms with E-state index in [1.54, 1.807) is 6.07 Å². The van der Waals surface area contributed by atoms with Gasteiger partial charge in [-0.05, 0) is 18.2 Å². The summed E-state index contributed by atoms with van der Waals surface area (Å²) in [5.41, 5.74) is 3.89. The summed E-state index contributed by atoms with van der Waals surface area (Å²) in [4.78, 5) is 32.8. The summed E-state index contributed by atoms with van der Waals surface area (Å²) < 4.78 is 0. The molecule has 21 heavy (non-hydrogen) atoms. The van der Waals surface area contributed by atoms with Crippen molar-refractivity contribution in [2.24, 2.45) is 0 Å².